The van der Waals surface area contributed by atoms with Crippen LogP contribution in [0.5, 0.6) is 0 Å². The number of rotatable bonds is 9. The molecule has 194 valence electrons. The quantitative estimate of drug-likeness (QED) is 0.0761. The first kappa shape index (κ1) is 26.0. The number of nitrogens with zero attached hydrogens (tertiary/aromatic N) is 4. The van der Waals surface area contributed by atoms with Gasteiger partial charge in [0.15, 0.2) is 26.2 Å². The smallest absolute Gasteiger partial charge is 0.338 e. The first-order valence-electron chi connectivity index (χ1n) is 11.8. The fourth-order valence-electron chi connectivity index (χ4n) is 3.98. The van der Waals surface area contributed by atoms with Crippen LogP contribution in [0.2, 0.25) is 0 Å². The maximum absolute atomic E-state index is 12.5. The molecule has 3 heterocycles. The van der Waals surface area contributed by atoms with E-state index in [0.29, 0.717) is 32.6 Å². The fourth-order valence-corrected chi connectivity index (χ4v) is 6.19. The average molecular weight is 567 g/mol. The number of carbonyl (C=O) groups is 3. The van der Waals surface area contributed by atoms with Crippen LogP contribution < -0.4 is 0 Å². The number of fused-ring (bicyclic) bond motifs is 5. The third-order valence-corrected chi connectivity index (χ3v) is 7.95. The summed E-state index contributed by atoms with van der Waals surface area (Å²) in [5, 5.41) is 0.545. The summed E-state index contributed by atoms with van der Waals surface area (Å²) in [6, 6.07) is 14.6. The van der Waals surface area contributed by atoms with Gasteiger partial charge in [-0.2, -0.15) is 0 Å². The summed E-state index contributed by atoms with van der Waals surface area (Å²) in [5.41, 5.74) is 4.07. The first-order valence-corrected chi connectivity index (χ1v) is 14.0. The van der Waals surface area contributed by atoms with Crippen molar-refractivity contribution >= 4 is 80.1 Å². The third kappa shape index (κ3) is 4.94. The number of thiazole rings is 1. The van der Waals surface area contributed by atoms with Gasteiger partial charge in [0.1, 0.15) is 11.1 Å². The predicted molar refractivity (Wildman–Crippen MR) is 149 cm³/mol. The van der Waals surface area contributed by atoms with Crippen LogP contribution in [-0.2, 0) is 19.1 Å². The second-order valence-corrected chi connectivity index (χ2v) is 10.7. The maximum atomic E-state index is 12.5. The number of ketones is 1. The van der Waals surface area contributed by atoms with Crippen LogP contribution in [0.15, 0.2) is 53.7 Å². The zero-order valence-electron chi connectivity index (χ0n) is 20.5. The van der Waals surface area contributed by atoms with Crippen LogP contribution in [0.3, 0.4) is 0 Å². The van der Waals surface area contributed by atoms with E-state index in [1.54, 1.807) is 38.1 Å². The highest BCUT2D eigenvalue weighted by Crippen LogP contribution is 2.34. The van der Waals surface area contributed by atoms with Crippen molar-refractivity contribution in [3.8, 4) is 5.69 Å². The Kier molecular flexibility index (Phi) is 7.54. The molecule has 2 aromatic carbocycles. The molecule has 0 saturated heterocycles. The number of Topliss-reactive ketones (excluding diaryl/α,β-unsaturated/α-hetero) is 1. The molecule has 0 aliphatic carbocycles. The number of thioether (sulfide) groups is 1. The Balaban J connectivity index is 1.62. The summed E-state index contributed by atoms with van der Waals surface area (Å²) >= 11 is 8.34. The van der Waals surface area contributed by atoms with Crippen LogP contribution in [-0.4, -0.2) is 55.6 Å². The molecule has 0 aliphatic rings. The highest BCUT2D eigenvalue weighted by molar-refractivity contribution is 7.99. The standard InChI is InChI=1S/C26H22N4O5S3/c1-3-34-20(32)13-17(31)14-37-25-28-23-21(22-27-18-7-5-6-8-19(18)30(22)25)38-26(36)29(23)16-11-9-15(10-12-16)24(33)35-4-2/h5-12H,3-4,13-14H2,1-2H3. The van der Waals surface area contributed by atoms with Crippen LogP contribution in [0.25, 0.3) is 32.7 Å². The molecule has 0 saturated carbocycles. The van der Waals surface area contributed by atoms with Gasteiger partial charge >= 0.3 is 11.9 Å². The number of benzene rings is 2. The van der Waals surface area contributed by atoms with E-state index < -0.39 is 11.9 Å². The largest absolute Gasteiger partial charge is 0.466 e. The molecule has 0 aliphatic heterocycles. The van der Waals surface area contributed by atoms with Gasteiger partial charge in [-0.15, -0.1) is 0 Å². The lowest BCUT2D eigenvalue weighted by Crippen LogP contribution is -2.13. The lowest BCUT2D eigenvalue weighted by atomic mass is 10.2. The number of carbonyl (C=O) groups excluding carboxylic acids is 3. The van der Waals surface area contributed by atoms with Gasteiger partial charge < -0.3 is 9.47 Å². The maximum Gasteiger partial charge on any atom is 0.338 e. The van der Waals surface area contributed by atoms with E-state index in [2.05, 4.69) is 0 Å². The molecule has 5 rings (SSSR count). The second kappa shape index (κ2) is 11.0. The Morgan fingerprint density at radius 2 is 1.71 bits per heavy atom. The van der Waals surface area contributed by atoms with Gasteiger partial charge in [0.25, 0.3) is 0 Å². The van der Waals surface area contributed by atoms with Gasteiger partial charge in [0.2, 0.25) is 0 Å². The van der Waals surface area contributed by atoms with Gasteiger partial charge in [0, 0.05) is 5.69 Å². The molecule has 3 aromatic heterocycles. The van der Waals surface area contributed by atoms with Crippen molar-refractivity contribution in [2.45, 2.75) is 25.4 Å². The minimum atomic E-state index is -0.544. The molecule has 0 atom stereocenters. The van der Waals surface area contributed by atoms with E-state index in [4.69, 9.17) is 31.7 Å². The highest BCUT2D eigenvalue weighted by atomic mass is 32.2. The number of hydrogen-bond acceptors (Lipinski definition) is 10. The van der Waals surface area contributed by atoms with Gasteiger partial charge in [-0.1, -0.05) is 35.2 Å². The average Bonchev–Trinajstić information content (AvgIpc) is 3.45. The number of aromatic nitrogens is 4. The minimum absolute atomic E-state index is 0.0397. The molecule has 5 aromatic rings. The van der Waals surface area contributed by atoms with Crippen molar-refractivity contribution in [3.05, 3.63) is 58.0 Å². The van der Waals surface area contributed by atoms with Crippen LogP contribution in [0, 0.1) is 3.95 Å². The normalized spacial score (nSPS) is 11.3. The Bertz CT molecular complexity index is 1750. The molecule has 38 heavy (non-hydrogen) atoms. The van der Waals surface area contributed by atoms with E-state index in [9.17, 15) is 14.4 Å². The van der Waals surface area contributed by atoms with Crippen molar-refractivity contribution in [2.24, 2.45) is 0 Å². The van der Waals surface area contributed by atoms with Gasteiger partial charge in [-0.3, -0.25) is 18.6 Å². The number of para-hydroxylation sites is 2. The summed E-state index contributed by atoms with van der Waals surface area (Å²) in [6.07, 6.45) is -0.293. The Morgan fingerprint density at radius 3 is 2.45 bits per heavy atom. The lowest BCUT2D eigenvalue weighted by Gasteiger charge is -2.09. The summed E-state index contributed by atoms with van der Waals surface area (Å²) in [7, 11) is 0. The van der Waals surface area contributed by atoms with Crippen LogP contribution in [0.1, 0.15) is 30.6 Å². The van der Waals surface area contributed by atoms with Crippen LogP contribution in [0.4, 0.5) is 0 Å². The molecule has 0 amide bonds. The van der Waals surface area contributed by atoms with E-state index in [-0.39, 0.29) is 24.6 Å². The number of imidazole rings is 1. The Hall–Kier alpha value is -3.61. The molecule has 0 fully saturated rings. The number of esters is 2. The fraction of sp³-hybridized carbons (Fsp3) is 0.231. The van der Waals surface area contributed by atoms with Crippen LogP contribution >= 0.6 is 35.3 Å². The zero-order valence-corrected chi connectivity index (χ0v) is 23.0. The molecule has 0 N–H and O–H groups in total. The third-order valence-electron chi connectivity index (χ3n) is 5.59. The summed E-state index contributed by atoms with van der Waals surface area (Å²) in [6.45, 7) is 3.98. The highest BCUT2D eigenvalue weighted by Gasteiger charge is 2.21. The minimum Gasteiger partial charge on any atom is -0.466 e. The van der Waals surface area contributed by atoms with E-state index in [1.807, 2.05) is 33.2 Å². The summed E-state index contributed by atoms with van der Waals surface area (Å²) in [4.78, 5) is 46.1. The number of ether oxygens (including phenoxy) is 2. The van der Waals surface area contributed by atoms with Gasteiger partial charge in [0.05, 0.1) is 35.6 Å². The topological polar surface area (TPSA) is 105 Å². The van der Waals surface area contributed by atoms with E-state index in [1.165, 1.54) is 23.1 Å². The van der Waals surface area contributed by atoms with Gasteiger partial charge in [-0.05, 0) is 62.5 Å². The SMILES string of the molecule is CCOC(=O)CC(=O)CSc1nc2c(sc(=S)n2-c2ccc(C(=O)OCC)cc2)c2nc3ccccc3n12. The molecule has 9 nitrogen and oxygen atoms in total. The Morgan fingerprint density at radius 1 is 0.974 bits per heavy atom. The zero-order chi connectivity index (χ0) is 26.8. The van der Waals surface area contributed by atoms with E-state index >= 15 is 0 Å². The first-order chi connectivity index (χ1) is 18.4. The molecule has 0 unspecified atom stereocenters. The monoisotopic (exact) mass is 566 g/mol. The molecule has 0 radical (unpaired) electrons. The van der Waals surface area contributed by atoms with Crippen molar-refractivity contribution in [1.29, 1.82) is 0 Å². The molecule has 0 bridgehead atoms. The van der Waals surface area contributed by atoms with Crippen molar-refractivity contribution in [3.63, 3.8) is 0 Å². The second-order valence-electron chi connectivity index (χ2n) is 8.09. The predicted octanol–water partition coefficient (Wildman–Crippen LogP) is 5.41. The van der Waals surface area contributed by atoms with Crippen molar-refractivity contribution < 1.29 is 23.9 Å². The van der Waals surface area contributed by atoms with Gasteiger partial charge in [-0.25, -0.2) is 14.8 Å². The summed E-state index contributed by atoms with van der Waals surface area (Å²) < 4.78 is 15.1. The van der Waals surface area contributed by atoms with Crippen molar-refractivity contribution in [1.82, 2.24) is 18.9 Å². The van der Waals surface area contributed by atoms with E-state index in [0.717, 1.165) is 21.4 Å². The lowest BCUT2D eigenvalue weighted by molar-refractivity contribution is -0.145. The molecular weight excluding hydrogens is 545 g/mol. The molecular formula is C26H22N4O5S3. The molecule has 12 heteroatoms. The Labute approximate surface area is 230 Å². The van der Waals surface area contributed by atoms with Crippen molar-refractivity contribution in [2.75, 3.05) is 19.0 Å². The molecule has 0 spiro atoms. The summed E-state index contributed by atoms with van der Waals surface area (Å²) in [5.74, 6) is -1.16. The number of hydrogen-bond donors (Lipinski definition) is 0.